The van der Waals surface area contributed by atoms with Gasteiger partial charge in [-0.15, -0.1) is 0 Å². The topological polar surface area (TPSA) is 68.3 Å². The van der Waals surface area contributed by atoms with Crippen molar-refractivity contribution in [2.75, 3.05) is 0 Å². The van der Waals surface area contributed by atoms with Crippen LogP contribution in [0.3, 0.4) is 0 Å². The van der Waals surface area contributed by atoms with Crippen LogP contribution in [0.5, 0.6) is 0 Å². The second kappa shape index (κ2) is 6.86. The highest BCUT2D eigenvalue weighted by Crippen LogP contribution is 2.05. The van der Waals surface area contributed by atoms with Gasteiger partial charge in [-0.2, -0.15) is 0 Å². The van der Waals surface area contributed by atoms with Gasteiger partial charge in [0.1, 0.15) is 10.7 Å². The van der Waals surface area contributed by atoms with Crippen molar-refractivity contribution in [1.82, 2.24) is 5.32 Å². The molecule has 1 heterocycles. The first-order valence-electron chi connectivity index (χ1n) is 6.33. The molecule has 104 valence electrons. The van der Waals surface area contributed by atoms with Gasteiger partial charge in [0.25, 0.3) is 0 Å². The zero-order chi connectivity index (χ0) is 14.4. The molecule has 2 aromatic rings. The average Bonchev–Trinajstić information content (AvgIpc) is 2.96. The predicted molar refractivity (Wildman–Crippen MR) is 81.2 cm³/mol. The lowest BCUT2D eigenvalue weighted by molar-refractivity contribution is -0.121. The van der Waals surface area contributed by atoms with E-state index in [1.165, 1.54) is 0 Å². The minimum absolute atomic E-state index is 0.000165. The van der Waals surface area contributed by atoms with E-state index < -0.39 is 0 Å². The smallest absolute Gasteiger partial charge is 0.220 e. The lowest BCUT2D eigenvalue weighted by Gasteiger charge is -2.06. The van der Waals surface area contributed by atoms with E-state index in [0.29, 0.717) is 24.4 Å². The Kier molecular flexibility index (Phi) is 4.90. The number of rotatable bonds is 6. The summed E-state index contributed by atoms with van der Waals surface area (Å²) in [7, 11) is 0. The van der Waals surface area contributed by atoms with Crippen molar-refractivity contribution >= 4 is 23.1 Å². The summed E-state index contributed by atoms with van der Waals surface area (Å²) in [5, 5.41) is 2.87. The van der Waals surface area contributed by atoms with Crippen molar-refractivity contribution in [3.8, 4) is 0 Å². The van der Waals surface area contributed by atoms with E-state index >= 15 is 0 Å². The zero-order valence-corrected chi connectivity index (χ0v) is 11.8. The number of furan rings is 1. The Labute approximate surface area is 123 Å². The number of hydrogen-bond donors (Lipinski definition) is 2. The van der Waals surface area contributed by atoms with Gasteiger partial charge in [-0.25, -0.2) is 0 Å². The predicted octanol–water partition coefficient (Wildman–Crippen LogP) is 2.16. The fourth-order valence-corrected chi connectivity index (χ4v) is 1.90. The molecule has 0 fully saturated rings. The fraction of sp³-hybridized carbons (Fsp3) is 0.200. The summed E-state index contributed by atoms with van der Waals surface area (Å²) in [6.45, 7) is 0.495. The molecule has 0 unspecified atom stereocenters. The van der Waals surface area contributed by atoms with Crippen molar-refractivity contribution in [3.63, 3.8) is 0 Å². The third kappa shape index (κ3) is 4.20. The van der Waals surface area contributed by atoms with Gasteiger partial charge in [0.05, 0.1) is 6.26 Å². The molecular weight excluding hydrogens is 272 g/mol. The van der Waals surface area contributed by atoms with E-state index in [2.05, 4.69) is 5.32 Å². The standard InChI is InChI=1S/C15H16N2O2S/c16-15(20)12-5-3-11(4-6-12)10-17-14(18)8-7-13-2-1-9-19-13/h1-6,9H,7-8,10H2,(H2,16,20)(H,17,18). The first-order valence-corrected chi connectivity index (χ1v) is 6.74. The molecule has 0 aliphatic heterocycles. The summed E-state index contributed by atoms with van der Waals surface area (Å²) in [5.74, 6) is 0.820. The molecule has 1 aromatic carbocycles. The molecule has 5 heteroatoms. The molecule has 0 radical (unpaired) electrons. The van der Waals surface area contributed by atoms with Crippen molar-refractivity contribution in [2.24, 2.45) is 5.73 Å². The van der Waals surface area contributed by atoms with Gasteiger partial charge in [0.15, 0.2) is 0 Å². The van der Waals surface area contributed by atoms with Crippen LogP contribution >= 0.6 is 12.2 Å². The highest BCUT2D eigenvalue weighted by atomic mass is 32.1. The first kappa shape index (κ1) is 14.3. The van der Waals surface area contributed by atoms with E-state index in [1.54, 1.807) is 6.26 Å². The van der Waals surface area contributed by atoms with Crippen molar-refractivity contribution in [1.29, 1.82) is 0 Å². The van der Waals surface area contributed by atoms with Crippen LogP contribution < -0.4 is 11.1 Å². The summed E-state index contributed by atoms with van der Waals surface area (Å²) in [6, 6.07) is 11.2. The Morgan fingerprint density at radius 2 is 2.00 bits per heavy atom. The van der Waals surface area contributed by atoms with Crippen LogP contribution in [-0.4, -0.2) is 10.9 Å². The third-order valence-corrected chi connectivity index (χ3v) is 3.14. The molecule has 0 spiro atoms. The van der Waals surface area contributed by atoms with Crippen LogP contribution in [0.15, 0.2) is 47.1 Å². The molecular formula is C15H16N2O2S. The number of nitrogens with one attached hydrogen (secondary N) is 1. The lowest BCUT2D eigenvalue weighted by atomic mass is 10.1. The molecule has 0 saturated carbocycles. The molecule has 1 amide bonds. The Bertz CT molecular complexity index is 576. The highest BCUT2D eigenvalue weighted by Gasteiger charge is 2.04. The lowest BCUT2D eigenvalue weighted by Crippen LogP contribution is -2.23. The van der Waals surface area contributed by atoms with Gasteiger partial charge < -0.3 is 15.5 Å². The van der Waals surface area contributed by atoms with Gasteiger partial charge in [-0.3, -0.25) is 4.79 Å². The van der Waals surface area contributed by atoms with Crippen molar-refractivity contribution < 1.29 is 9.21 Å². The Hall–Kier alpha value is -2.14. The maximum Gasteiger partial charge on any atom is 0.220 e. The zero-order valence-electron chi connectivity index (χ0n) is 11.0. The monoisotopic (exact) mass is 288 g/mol. The normalized spacial score (nSPS) is 10.2. The van der Waals surface area contributed by atoms with E-state index in [1.807, 2.05) is 36.4 Å². The summed E-state index contributed by atoms with van der Waals surface area (Å²) >= 11 is 4.88. The molecule has 0 atom stereocenters. The summed E-state index contributed by atoms with van der Waals surface area (Å²) < 4.78 is 5.18. The van der Waals surface area contributed by atoms with Crippen LogP contribution in [-0.2, 0) is 17.8 Å². The summed E-state index contributed by atoms with van der Waals surface area (Å²) in [5.41, 5.74) is 7.36. The second-order valence-corrected chi connectivity index (χ2v) is 4.86. The maximum atomic E-state index is 11.7. The number of carbonyl (C=O) groups excluding carboxylic acids is 1. The van der Waals surface area contributed by atoms with Crippen LogP contribution in [0.25, 0.3) is 0 Å². The number of thiocarbonyl (C=S) groups is 1. The minimum Gasteiger partial charge on any atom is -0.469 e. The Balaban J connectivity index is 1.76. The Morgan fingerprint density at radius 1 is 1.25 bits per heavy atom. The van der Waals surface area contributed by atoms with E-state index in [0.717, 1.165) is 16.9 Å². The molecule has 0 bridgehead atoms. The molecule has 1 aromatic heterocycles. The largest absolute Gasteiger partial charge is 0.469 e. The number of aryl methyl sites for hydroxylation is 1. The third-order valence-electron chi connectivity index (χ3n) is 2.91. The molecule has 4 nitrogen and oxygen atoms in total. The van der Waals surface area contributed by atoms with E-state index in [4.69, 9.17) is 22.4 Å². The van der Waals surface area contributed by atoms with Gasteiger partial charge in [0.2, 0.25) is 5.91 Å². The number of amides is 1. The number of hydrogen-bond acceptors (Lipinski definition) is 3. The van der Waals surface area contributed by atoms with Gasteiger partial charge in [0, 0.05) is 24.9 Å². The molecule has 3 N–H and O–H groups in total. The molecule has 20 heavy (non-hydrogen) atoms. The molecule has 0 aliphatic carbocycles. The number of carbonyl (C=O) groups is 1. The van der Waals surface area contributed by atoms with E-state index in [-0.39, 0.29) is 5.91 Å². The van der Waals surface area contributed by atoms with Gasteiger partial charge >= 0.3 is 0 Å². The number of benzene rings is 1. The van der Waals surface area contributed by atoms with Crippen molar-refractivity contribution in [3.05, 3.63) is 59.5 Å². The molecule has 0 saturated heterocycles. The summed E-state index contributed by atoms with van der Waals surface area (Å²) in [4.78, 5) is 12.1. The van der Waals surface area contributed by atoms with Crippen LogP contribution in [0.1, 0.15) is 23.3 Å². The highest BCUT2D eigenvalue weighted by molar-refractivity contribution is 7.80. The van der Waals surface area contributed by atoms with Gasteiger partial charge in [-0.05, 0) is 17.7 Å². The average molecular weight is 288 g/mol. The van der Waals surface area contributed by atoms with Crippen LogP contribution in [0.2, 0.25) is 0 Å². The fourth-order valence-electron chi connectivity index (χ4n) is 1.77. The van der Waals surface area contributed by atoms with E-state index in [9.17, 15) is 4.79 Å². The van der Waals surface area contributed by atoms with Crippen LogP contribution in [0, 0.1) is 0 Å². The van der Waals surface area contributed by atoms with Crippen molar-refractivity contribution in [2.45, 2.75) is 19.4 Å². The quantitative estimate of drug-likeness (QED) is 0.799. The maximum absolute atomic E-state index is 11.7. The first-order chi connectivity index (χ1) is 9.65. The Morgan fingerprint density at radius 3 is 2.60 bits per heavy atom. The van der Waals surface area contributed by atoms with Gasteiger partial charge in [-0.1, -0.05) is 36.5 Å². The number of nitrogens with two attached hydrogens (primary N) is 1. The minimum atomic E-state index is -0.000165. The van der Waals surface area contributed by atoms with Crippen LogP contribution in [0.4, 0.5) is 0 Å². The molecule has 0 aliphatic rings. The molecule has 2 rings (SSSR count). The second-order valence-electron chi connectivity index (χ2n) is 4.42. The SMILES string of the molecule is NC(=S)c1ccc(CNC(=O)CCc2ccco2)cc1. The summed E-state index contributed by atoms with van der Waals surface area (Å²) in [6.07, 6.45) is 2.63.